The molecule has 21 heavy (non-hydrogen) atoms. The topological polar surface area (TPSA) is 79.5 Å². The number of hydrogen-bond acceptors (Lipinski definition) is 5. The van der Waals surface area contributed by atoms with Crippen LogP contribution < -0.4 is 5.32 Å². The summed E-state index contributed by atoms with van der Waals surface area (Å²) in [4.78, 5) is 16.6. The van der Waals surface area contributed by atoms with E-state index >= 15 is 0 Å². The molecule has 0 saturated carbocycles. The van der Waals surface area contributed by atoms with Crippen LogP contribution in [0.4, 0.5) is 0 Å². The molecular formula is C14H20N4O2S. The number of nitrogens with one attached hydrogen (secondary N) is 1. The van der Waals surface area contributed by atoms with Crippen molar-refractivity contribution in [3.63, 3.8) is 0 Å². The van der Waals surface area contributed by atoms with Gasteiger partial charge in [0.2, 0.25) is 0 Å². The highest BCUT2D eigenvalue weighted by Crippen LogP contribution is 2.11. The number of amides is 1. The van der Waals surface area contributed by atoms with Crippen molar-refractivity contribution in [1.29, 1.82) is 0 Å². The molecule has 0 aliphatic rings. The van der Waals surface area contributed by atoms with Crippen molar-refractivity contribution < 1.29 is 9.90 Å². The minimum absolute atomic E-state index is 0.148. The molecule has 2 aromatic rings. The SMILES string of the molecule is Cc1cc(C)n2ncc(C(=O)NCCSCCCO)c2n1. The predicted molar refractivity (Wildman–Crippen MR) is 83.8 cm³/mol. The molecule has 0 atom stereocenters. The fourth-order valence-electron chi connectivity index (χ4n) is 2.03. The number of aliphatic hydroxyl groups is 1. The first-order valence-electron chi connectivity index (χ1n) is 6.92. The number of fused-ring (bicyclic) bond motifs is 1. The Bertz CT molecular complexity index is 627. The van der Waals surface area contributed by atoms with E-state index in [1.807, 2.05) is 19.9 Å². The van der Waals surface area contributed by atoms with E-state index in [4.69, 9.17) is 5.11 Å². The highest BCUT2D eigenvalue weighted by Gasteiger charge is 2.14. The lowest BCUT2D eigenvalue weighted by molar-refractivity contribution is 0.0957. The molecule has 0 unspecified atom stereocenters. The Hall–Kier alpha value is -1.60. The second-order valence-corrected chi connectivity index (χ2v) is 6.00. The first-order valence-corrected chi connectivity index (χ1v) is 8.07. The quantitative estimate of drug-likeness (QED) is 0.751. The van der Waals surface area contributed by atoms with Crippen LogP contribution in [-0.4, -0.2) is 50.3 Å². The van der Waals surface area contributed by atoms with Crippen molar-refractivity contribution in [1.82, 2.24) is 19.9 Å². The summed E-state index contributed by atoms with van der Waals surface area (Å²) in [5, 5.41) is 15.8. The van der Waals surface area contributed by atoms with Crippen LogP contribution in [0, 0.1) is 13.8 Å². The largest absolute Gasteiger partial charge is 0.396 e. The molecule has 7 heteroatoms. The van der Waals surface area contributed by atoms with Crippen LogP contribution in [0.2, 0.25) is 0 Å². The molecule has 2 rings (SSSR count). The van der Waals surface area contributed by atoms with Gasteiger partial charge in [0.25, 0.3) is 5.91 Å². The maximum absolute atomic E-state index is 12.2. The van der Waals surface area contributed by atoms with Crippen LogP contribution in [0.15, 0.2) is 12.3 Å². The van der Waals surface area contributed by atoms with Crippen molar-refractivity contribution in [2.45, 2.75) is 20.3 Å². The van der Waals surface area contributed by atoms with Gasteiger partial charge < -0.3 is 10.4 Å². The number of carbonyl (C=O) groups excluding carboxylic acids is 1. The molecular weight excluding hydrogens is 288 g/mol. The van der Waals surface area contributed by atoms with Gasteiger partial charge in [0.1, 0.15) is 5.56 Å². The Morgan fingerprint density at radius 1 is 1.43 bits per heavy atom. The summed E-state index contributed by atoms with van der Waals surface area (Å²) in [7, 11) is 0. The maximum Gasteiger partial charge on any atom is 0.256 e. The molecule has 114 valence electrons. The van der Waals surface area contributed by atoms with E-state index in [-0.39, 0.29) is 12.5 Å². The van der Waals surface area contributed by atoms with E-state index in [2.05, 4.69) is 15.4 Å². The highest BCUT2D eigenvalue weighted by atomic mass is 32.2. The molecule has 0 bridgehead atoms. The van der Waals surface area contributed by atoms with E-state index in [1.54, 1.807) is 22.5 Å². The lowest BCUT2D eigenvalue weighted by Crippen LogP contribution is -2.26. The number of nitrogens with zero attached hydrogens (tertiary/aromatic N) is 3. The van der Waals surface area contributed by atoms with Crippen molar-refractivity contribution in [2.24, 2.45) is 0 Å². The highest BCUT2D eigenvalue weighted by molar-refractivity contribution is 7.99. The second kappa shape index (κ2) is 7.42. The van der Waals surface area contributed by atoms with Gasteiger partial charge in [-0.15, -0.1) is 0 Å². The Morgan fingerprint density at radius 3 is 3.00 bits per heavy atom. The average molecular weight is 308 g/mol. The standard InChI is InChI=1S/C14H20N4O2S/c1-10-8-11(2)18-13(17-10)12(9-16-18)14(20)15-4-7-21-6-3-5-19/h8-9,19H,3-7H2,1-2H3,(H,15,20). The van der Waals surface area contributed by atoms with Crippen LogP contribution >= 0.6 is 11.8 Å². The Kier molecular flexibility index (Phi) is 5.58. The number of aromatic nitrogens is 3. The summed E-state index contributed by atoms with van der Waals surface area (Å²) >= 11 is 1.71. The zero-order chi connectivity index (χ0) is 15.2. The van der Waals surface area contributed by atoms with E-state index in [0.29, 0.717) is 17.8 Å². The van der Waals surface area contributed by atoms with Crippen LogP contribution in [0.25, 0.3) is 5.65 Å². The Balaban J connectivity index is 1.97. The summed E-state index contributed by atoms with van der Waals surface area (Å²) in [6, 6.07) is 1.93. The molecule has 0 aromatic carbocycles. The van der Waals surface area contributed by atoms with E-state index in [0.717, 1.165) is 29.3 Å². The summed E-state index contributed by atoms with van der Waals surface area (Å²) in [6.07, 6.45) is 2.35. The first-order chi connectivity index (χ1) is 10.1. The fourth-order valence-corrected chi connectivity index (χ4v) is 2.82. The summed E-state index contributed by atoms with van der Waals surface area (Å²) < 4.78 is 1.68. The molecule has 6 nitrogen and oxygen atoms in total. The minimum atomic E-state index is -0.148. The van der Waals surface area contributed by atoms with Crippen molar-refractivity contribution in [3.05, 3.63) is 29.2 Å². The molecule has 2 N–H and O–H groups in total. The third-order valence-corrected chi connectivity index (χ3v) is 4.07. The molecule has 2 heterocycles. The zero-order valence-corrected chi connectivity index (χ0v) is 13.1. The molecule has 2 aromatic heterocycles. The second-order valence-electron chi connectivity index (χ2n) is 4.78. The van der Waals surface area contributed by atoms with Crippen LogP contribution in [0.3, 0.4) is 0 Å². The van der Waals surface area contributed by atoms with Gasteiger partial charge in [0.05, 0.1) is 6.20 Å². The smallest absolute Gasteiger partial charge is 0.256 e. The lowest BCUT2D eigenvalue weighted by Gasteiger charge is -2.05. The third kappa shape index (κ3) is 3.95. The normalized spacial score (nSPS) is 11.0. The van der Waals surface area contributed by atoms with Gasteiger partial charge in [-0.3, -0.25) is 4.79 Å². The molecule has 0 radical (unpaired) electrons. The van der Waals surface area contributed by atoms with E-state index < -0.39 is 0 Å². The van der Waals surface area contributed by atoms with Gasteiger partial charge in [-0.2, -0.15) is 16.9 Å². The third-order valence-electron chi connectivity index (χ3n) is 3.00. The van der Waals surface area contributed by atoms with Gasteiger partial charge in [0.15, 0.2) is 5.65 Å². The van der Waals surface area contributed by atoms with Gasteiger partial charge in [-0.1, -0.05) is 0 Å². The average Bonchev–Trinajstić information content (AvgIpc) is 2.86. The molecule has 0 aliphatic carbocycles. The number of hydrogen-bond donors (Lipinski definition) is 2. The van der Waals surface area contributed by atoms with Crippen molar-refractivity contribution >= 4 is 23.3 Å². The predicted octanol–water partition coefficient (Wildman–Crippen LogP) is 1.19. The van der Waals surface area contributed by atoms with Gasteiger partial charge in [-0.05, 0) is 32.1 Å². The number of thioether (sulfide) groups is 1. The Morgan fingerprint density at radius 2 is 2.24 bits per heavy atom. The van der Waals surface area contributed by atoms with Gasteiger partial charge >= 0.3 is 0 Å². The summed E-state index contributed by atoms with van der Waals surface area (Å²) in [5.74, 6) is 1.59. The van der Waals surface area contributed by atoms with Crippen LogP contribution in [-0.2, 0) is 0 Å². The Labute approximate surface area is 128 Å². The molecule has 0 saturated heterocycles. The monoisotopic (exact) mass is 308 g/mol. The summed E-state index contributed by atoms with van der Waals surface area (Å²) in [5.41, 5.74) is 2.92. The molecule has 1 amide bonds. The lowest BCUT2D eigenvalue weighted by atomic mass is 10.3. The van der Waals surface area contributed by atoms with E-state index in [9.17, 15) is 4.79 Å². The van der Waals surface area contributed by atoms with Gasteiger partial charge in [0, 0.05) is 30.3 Å². The van der Waals surface area contributed by atoms with Crippen molar-refractivity contribution in [3.8, 4) is 0 Å². The van der Waals surface area contributed by atoms with Crippen molar-refractivity contribution in [2.75, 3.05) is 24.7 Å². The summed E-state index contributed by atoms with van der Waals surface area (Å²) in [6.45, 7) is 4.65. The van der Waals surface area contributed by atoms with Gasteiger partial charge in [-0.25, -0.2) is 9.50 Å². The van der Waals surface area contributed by atoms with Crippen LogP contribution in [0.5, 0.6) is 0 Å². The molecule has 0 fully saturated rings. The maximum atomic E-state index is 12.2. The first kappa shape index (κ1) is 15.8. The van der Waals surface area contributed by atoms with Crippen LogP contribution in [0.1, 0.15) is 28.2 Å². The fraction of sp³-hybridized carbons (Fsp3) is 0.500. The number of aryl methyl sites for hydroxylation is 2. The molecule has 0 aliphatic heterocycles. The number of rotatable bonds is 7. The zero-order valence-electron chi connectivity index (χ0n) is 12.3. The molecule has 0 spiro atoms. The number of aliphatic hydroxyl groups excluding tert-OH is 1. The van der Waals surface area contributed by atoms with E-state index in [1.165, 1.54) is 0 Å². The number of carbonyl (C=O) groups is 1. The minimum Gasteiger partial charge on any atom is -0.396 e.